The van der Waals surface area contributed by atoms with Crippen molar-refractivity contribution >= 4 is 12.0 Å². The zero-order chi connectivity index (χ0) is 17.1. The minimum absolute atomic E-state index is 0.0825. The second kappa shape index (κ2) is 7.29. The molecule has 1 fully saturated rings. The van der Waals surface area contributed by atoms with Crippen LogP contribution in [-0.2, 0) is 11.2 Å². The Bertz CT molecular complexity index is 630. The molecule has 1 aromatic rings. The molecule has 0 spiro atoms. The normalized spacial score (nSPS) is 21.0. The minimum Gasteiger partial charge on any atom is -0.493 e. The first-order valence-corrected chi connectivity index (χ1v) is 9.00. The van der Waals surface area contributed by atoms with Crippen molar-refractivity contribution in [3.63, 3.8) is 0 Å². The highest BCUT2D eigenvalue weighted by Gasteiger charge is 2.22. The van der Waals surface area contributed by atoms with Crippen LogP contribution < -0.4 is 9.47 Å². The van der Waals surface area contributed by atoms with Gasteiger partial charge in [0.05, 0.1) is 6.61 Å². The molecule has 2 aliphatic rings. The zero-order valence-corrected chi connectivity index (χ0v) is 14.9. The predicted octanol–water partition coefficient (Wildman–Crippen LogP) is 3.68. The molecule has 0 saturated carbocycles. The topological polar surface area (TPSA) is 38.8 Å². The molecule has 3 rings (SSSR count). The van der Waals surface area contributed by atoms with Crippen LogP contribution in [0.15, 0.2) is 18.2 Å². The first-order chi connectivity index (χ1) is 11.6. The number of fused-ring (bicyclic) bond motifs is 1. The lowest BCUT2D eigenvalue weighted by Crippen LogP contribution is -2.36. The highest BCUT2D eigenvalue weighted by molar-refractivity contribution is 5.92. The van der Waals surface area contributed by atoms with Crippen molar-refractivity contribution in [1.29, 1.82) is 0 Å². The maximum Gasteiger partial charge on any atom is 0.246 e. The van der Waals surface area contributed by atoms with Gasteiger partial charge in [-0.25, -0.2) is 0 Å². The molecule has 0 aromatic heterocycles. The number of amides is 1. The molecule has 4 heteroatoms. The highest BCUT2D eigenvalue weighted by atomic mass is 16.5. The van der Waals surface area contributed by atoms with Crippen LogP contribution in [0.5, 0.6) is 11.5 Å². The van der Waals surface area contributed by atoms with Crippen molar-refractivity contribution in [3.05, 3.63) is 29.3 Å². The summed E-state index contributed by atoms with van der Waals surface area (Å²) in [5.41, 5.74) is 2.09. The maximum absolute atomic E-state index is 12.4. The van der Waals surface area contributed by atoms with E-state index >= 15 is 0 Å². The molecule has 1 atom stereocenters. The number of carbonyl (C=O) groups excluding carboxylic acids is 1. The van der Waals surface area contributed by atoms with Crippen LogP contribution in [0.25, 0.3) is 6.08 Å². The van der Waals surface area contributed by atoms with E-state index in [9.17, 15) is 4.79 Å². The van der Waals surface area contributed by atoms with E-state index < -0.39 is 0 Å². The Hall–Kier alpha value is -1.97. The molecular formula is C20H27NO3. The summed E-state index contributed by atoms with van der Waals surface area (Å²) in [5.74, 6) is 2.53. The lowest BCUT2D eigenvalue weighted by molar-refractivity contribution is -0.127. The van der Waals surface area contributed by atoms with Crippen LogP contribution in [-0.4, -0.2) is 36.6 Å². The van der Waals surface area contributed by atoms with Gasteiger partial charge in [0, 0.05) is 36.7 Å². The van der Waals surface area contributed by atoms with E-state index in [-0.39, 0.29) is 12.0 Å². The van der Waals surface area contributed by atoms with Crippen molar-refractivity contribution in [2.45, 2.75) is 46.1 Å². The molecule has 0 aliphatic carbocycles. The van der Waals surface area contributed by atoms with Crippen molar-refractivity contribution < 1.29 is 14.3 Å². The number of hydrogen-bond acceptors (Lipinski definition) is 3. The van der Waals surface area contributed by atoms with Gasteiger partial charge in [0.1, 0.15) is 17.6 Å². The van der Waals surface area contributed by atoms with E-state index in [0.29, 0.717) is 6.61 Å². The quantitative estimate of drug-likeness (QED) is 0.791. The van der Waals surface area contributed by atoms with Crippen molar-refractivity contribution in [2.75, 3.05) is 19.7 Å². The standard InChI is InChI=1S/C20H27NO3/c1-4-23-18-13-17-11-15(3)24-19(17)12-16(18)5-6-20(22)21-9-7-14(2)8-10-21/h5-6,12-15H,4,7-11H2,1-3H3. The summed E-state index contributed by atoms with van der Waals surface area (Å²) in [7, 11) is 0. The summed E-state index contributed by atoms with van der Waals surface area (Å²) in [4.78, 5) is 14.3. The maximum atomic E-state index is 12.4. The molecule has 130 valence electrons. The average molecular weight is 329 g/mol. The van der Waals surface area contributed by atoms with Gasteiger partial charge in [-0.2, -0.15) is 0 Å². The van der Waals surface area contributed by atoms with Gasteiger partial charge in [-0.15, -0.1) is 0 Å². The van der Waals surface area contributed by atoms with E-state index in [0.717, 1.165) is 55.3 Å². The molecule has 0 N–H and O–H groups in total. The summed E-state index contributed by atoms with van der Waals surface area (Å²) < 4.78 is 11.6. The van der Waals surface area contributed by atoms with Crippen LogP contribution in [0.1, 0.15) is 44.7 Å². The van der Waals surface area contributed by atoms with Crippen LogP contribution in [0.2, 0.25) is 0 Å². The van der Waals surface area contributed by atoms with Gasteiger partial charge in [-0.1, -0.05) is 6.92 Å². The van der Waals surface area contributed by atoms with Gasteiger partial charge < -0.3 is 14.4 Å². The number of nitrogens with zero attached hydrogens (tertiary/aromatic N) is 1. The van der Waals surface area contributed by atoms with Crippen LogP contribution in [0.3, 0.4) is 0 Å². The summed E-state index contributed by atoms with van der Waals surface area (Å²) in [6.45, 7) is 8.60. The number of ether oxygens (including phenoxy) is 2. The van der Waals surface area contributed by atoms with Gasteiger partial charge in [0.15, 0.2) is 0 Å². The Morgan fingerprint density at radius 2 is 2.08 bits per heavy atom. The van der Waals surface area contributed by atoms with Crippen LogP contribution in [0.4, 0.5) is 0 Å². The molecule has 2 aliphatic heterocycles. The number of hydrogen-bond donors (Lipinski definition) is 0. The summed E-state index contributed by atoms with van der Waals surface area (Å²) >= 11 is 0. The lowest BCUT2D eigenvalue weighted by Gasteiger charge is -2.29. The van der Waals surface area contributed by atoms with Gasteiger partial charge >= 0.3 is 0 Å². The Morgan fingerprint density at radius 1 is 1.33 bits per heavy atom. The monoisotopic (exact) mass is 329 g/mol. The molecule has 24 heavy (non-hydrogen) atoms. The van der Waals surface area contributed by atoms with Gasteiger partial charge in [0.25, 0.3) is 0 Å². The zero-order valence-electron chi connectivity index (χ0n) is 14.9. The fourth-order valence-corrected chi connectivity index (χ4v) is 3.36. The van der Waals surface area contributed by atoms with E-state index in [1.807, 2.05) is 24.0 Å². The van der Waals surface area contributed by atoms with Crippen molar-refractivity contribution in [3.8, 4) is 11.5 Å². The lowest BCUT2D eigenvalue weighted by atomic mass is 9.99. The Labute approximate surface area is 144 Å². The molecule has 2 heterocycles. The van der Waals surface area contributed by atoms with Crippen molar-refractivity contribution in [2.24, 2.45) is 5.92 Å². The van der Waals surface area contributed by atoms with Crippen LogP contribution in [0, 0.1) is 5.92 Å². The third-order valence-electron chi connectivity index (χ3n) is 4.83. The van der Waals surface area contributed by atoms with Gasteiger partial charge in [-0.05, 0) is 50.8 Å². The molecule has 1 unspecified atom stereocenters. The Kier molecular flexibility index (Phi) is 5.12. The van der Waals surface area contributed by atoms with E-state index in [2.05, 4.69) is 19.9 Å². The molecule has 0 bridgehead atoms. The van der Waals surface area contributed by atoms with E-state index in [1.54, 1.807) is 6.08 Å². The largest absolute Gasteiger partial charge is 0.493 e. The molecule has 1 amide bonds. The van der Waals surface area contributed by atoms with Gasteiger partial charge in [-0.3, -0.25) is 4.79 Å². The number of benzene rings is 1. The first-order valence-electron chi connectivity index (χ1n) is 9.00. The first kappa shape index (κ1) is 16.9. The second-order valence-electron chi connectivity index (χ2n) is 6.90. The number of carbonyl (C=O) groups is 1. The van der Waals surface area contributed by atoms with Crippen LogP contribution >= 0.6 is 0 Å². The number of piperidine rings is 1. The van der Waals surface area contributed by atoms with Gasteiger partial charge in [0.2, 0.25) is 5.91 Å². The molecule has 0 radical (unpaired) electrons. The van der Waals surface area contributed by atoms with Crippen molar-refractivity contribution in [1.82, 2.24) is 4.90 Å². The second-order valence-corrected chi connectivity index (χ2v) is 6.90. The Balaban J connectivity index is 1.76. The molecular weight excluding hydrogens is 302 g/mol. The third-order valence-corrected chi connectivity index (χ3v) is 4.83. The van der Waals surface area contributed by atoms with E-state index in [4.69, 9.17) is 9.47 Å². The smallest absolute Gasteiger partial charge is 0.246 e. The predicted molar refractivity (Wildman–Crippen MR) is 95.4 cm³/mol. The number of likely N-dealkylation sites (tertiary alicyclic amines) is 1. The fourth-order valence-electron chi connectivity index (χ4n) is 3.36. The average Bonchev–Trinajstić information content (AvgIpc) is 2.92. The molecule has 1 saturated heterocycles. The molecule has 4 nitrogen and oxygen atoms in total. The number of rotatable bonds is 4. The minimum atomic E-state index is 0.0825. The van der Waals surface area contributed by atoms with E-state index in [1.165, 1.54) is 5.56 Å². The highest BCUT2D eigenvalue weighted by Crippen LogP contribution is 2.35. The SMILES string of the molecule is CCOc1cc2c(cc1C=CC(=O)N1CCC(C)CC1)OC(C)C2. The molecule has 1 aromatic carbocycles. The summed E-state index contributed by atoms with van der Waals surface area (Å²) in [5, 5.41) is 0. The Morgan fingerprint density at radius 3 is 2.79 bits per heavy atom. The summed E-state index contributed by atoms with van der Waals surface area (Å²) in [6, 6.07) is 4.04. The third kappa shape index (κ3) is 3.74. The summed E-state index contributed by atoms with van der Waals surface area (Å²) in [6.07, 6.45) is 6.81. The fraction of sp³-hybridized carbons (Fsp3) is 0.550.